The van der Waals surface area contributed by atoms with E-state index in [-0.39, 0.29) is 5.97 Å². The fourth-order valence-corrected chi connectivity index (χ4v) is 1.75. The molecule has 0 amide bonds. The van der Waals surface area contributed by atoms with E-state index < -0.39 is 8.80 Å². The summed E-state index contributed by atoms with van der Waals surface area (Å²) in [6, 6.07) is 0. The van der Waals surface area contributed by atoms with E-state index in [4.69, 9.17) is 0 Å². The molecule has 0 heterocycles. The van der Waals surface area contributed by atoms with Gasteiger partial charge in [0.05, 0.1) is 15.4 Å². The largest absolute Gasteiger partial charge is 0.368 e. The molecule has 3 nitrogen and oxygen atoms in total. The molecule has 0 spiro atoms. The third kappa shape index (κ3) is 4.24. The third-order valence-corrected chi connectivity index (χ3v) is 4.18. The molecule has 0 fully saturated rings. The Morgan fingerprint density at radius 3 is 2.23 bits per heavy atom. The van der Waals surface area contributed by atoms with Crippen molar-refractivity contribution in [1.82, 2.24) is 0 Å². The average molecular weight is 202 g/mol. The van der Waals surface area contributed by atoms with E-state index in [1.807, 2.05) is 6.92 Å². The highest BCUT2D eigenvalue weighted by Gasteiger charge is 2.12. The Bertz CT molecular complexity index is 209. The van der Waals surface area contributed by atoms with Crippen LogP contribution in [-0.4, -0.2) is 21.4 Å². The Morgan fingerprint density at radius 1 is 1.31 bits per heavy atom. The molecule has 0 aromatic carbocycles. The first-order valence-corrected chi connectivity index (χ1v) is 7.40. The van der Waals surface area contributed by atoms with Gasteiger partial charge in [0, 0.05) is 5.57 Å². The zero-order valence-electron chi connectivity index (χ0n) is 9.01. The first-order valence-electron chi connectivity index (χ1n) is 4.51. The van der Waals surface area contributed by atoms with Gasteiger partial charge in [-0.2, -0.15) is 4.89 Å². The van der Waals surface area contributed by atoms with Crippen LogP contribution in [0, 0.1) is 0 Å². The number of rotatable bonds is 4. The molecule has 0 unspecified atom stereocenters. The van der Waals surface area contributed by atoms with Crippen molar-refractivity contribution in [3.05, 3.63) is 10.8 Å². The van der Waals surface area contributed by atoms with Crippen molar-refractivity contribution >= 4 is 14.8 Å². The number of carbonyl (C=O) groups excluding carboxylic acids is 1. The second-order valence-corrected chi connectivity index (χ2v) is 6.42. The van der Waals surface area contributed by atoms with Crippen molar-refractivity contribution in [2.24, 2.45) is 0 Å². The maximum Gasteiger partial charge on any atom is 0.368 e. The van der Waals surface area contributed by atoms with Crippen molar-refractivity contribution in [2.45, 2.75) is 33.9 Å². The topological polar surface area (TPSA) is 35.5 Å². The molecule has 0 aromatic rings. The predicted molar refractivity (Wildman–Crippen MR) is 55.0 cm³/mol. The van der Waals surface area contributed by atoms with Crippen LogP contribution in [0.5, 0.6) is 0 Å². The minimum Gasteiger partial charge on any atom is -0.293 e. The molecule has 0 saturated carbocycles. The van der Waals surface area contributed by atoms with Crippen LogP contribution in [0.2, 0.25) is 13.1 Å². The first kappa shape index (κ1) is 12.4. The van der Waals surface area contributed by atoms with Crippen molar-refractivity contribution in [1.29, 1.82) is 0 Å². The summed E-state index contributed by atoms with van der Waals surface area (Å²) in [7, 11) is -0.889. The van der Waals surface area contributed by atoms with Gasteiger partial charge in [-0.25, -0.2) is 4.79 Å². The molecular weight excluding hydrogens is 184 g/mol. The van der Waals surface area contributed by atoms with Gasteiger partial charge in [0.15, 0.2) is 0 Å². The Labute approximate surface area is 81.3 Å². The van der Waals surface area contributed by atoms with Crippen LogP contribution >= 0.6 is 0 Å². The number of hydrogen-bond acceptors (Lipinski definition) is 3. The van der Waals surface area contributed by atoms with Crippen molar-refractivity contribution in [2.75, 3.05) is 6.61 Å². The minimum absolute atomic E-state index is 0.361. The van der Waals surface area contributed by atoms with Crippen molar-refractivity contribution < 1.29 is 14.6 Å². The zero-order valence-corrected chi connectivity index (χ0v) is 10.2. The number of allylic oxidation sites excluding steroid dienone is 1. The van der Waals surface area contributed by atoms with E-state index in [0.717, 1.165) is 0 Å². The molecule has 0 bridgehead atoms. The van der Waals surface area contributed by atoms with E-state index in [1.165, 1.54) is 5.20 Å². The van der Waals surface area contributed by atoms with Gasteiger partial charge in [-0.3, -0.25) is 4.89 Å². The Hall–Kier alpha value is -0.613. The third-order valence-electron chi connectivity index (χ3n) is 2.02. The summed E-state index contributed by atoms with van der Waals surface area (Å²) in [5.74, 6) is -0.361. The average Bonchev–Trinajstić information content (AvgIpc) is 2.11. The molecule has 4 heteroatoms. The summed E-state index contributed by atoms with van der Waals surface area (Å²) in [5, 5.41) is 1.17. The Balaban J connectivity index is 4.31. The summed E-state index contributed by atoms with van der Waals surface area (Å²) >= 11 is 0. The van der Waals surface area contributed by atoms with E-state index >= 15 is 0 Å². The smallest absolute Gasteiger partial charge is 0.293 e. The van der Waals surface area contributed by atoms with E-state index in [1.54, 1.807) is 13.8 Å². The van der Waals surface area contributed by atoms with Crippen LogP contribution in [0.15, 0.2) is 10.8 Å². The fourth-order valence-electron chi connectivity index (χ4n) is 0.769. The van der Waals surface area contributed by atoms with Gasteiger partial charge in [-0.1, -0.05) is 18.3 Å². The van der Waals surface area contributed by atoms with Crippen molar-refractivity contribution in [3.63, 3.8) is 0 Å². The van der Waals surface area contributed by atoms with Gasteiger partial charge in [0.2, 0.25) is 0 Å². The molecule has 76 valence electrons. The highest BCUT2D eigenvalue weighted by molar-refractivity contribution is 6.64. The molecule has 0 aliphatic rings. The van der Waals surface area contributed by atoms with Crippen LogP contribution in [0.25, 0.3) is 0 Å². The van der Waals surface area contributed by atoms with Gasteiger partial charge in [-0.15, -0.1) is 0 Å². The maximum atomic E-state index is 11.3. The molecule has 0 saturated heterocycles. The van der Waals surface area contributed by atoms with Crippen LogP contribution in [0.1, 0.15) is 20.8 Å². The van der Waals surface area contributed by atoms with Crippen LogP contribution < -0.4 is 0 Å². The molecule has 13 heavy (non-hydrogen) atoms. The van der Waals surface area contributed by atoms with Crippen LogP contribution in [-0.2, 0) is 14.6 Å². The maximum absolute atomic E-state index is 11.3. The second kappa shape index (κ2) is 5.94. The monoisotopic (exact) mass is 202 g/mol. The molecular formula is C9H18O3Si. The summed E-state index contributed by atoms with van der Waals surface area (Å²) < 4.78 is 0. The lowest BCUT2D eigenvalue weighted by Crippen LogP contribution is -2.13. The first-order chi connectivity index (χ1) is 6.00. The van der Waals surface area contributed by atoms with Gasteiger partial charge in [0.25, 0.3) is 0 Å². The molecule has 0 aromatic heterocycles. The molecule has 0 N–H and O–H groups in total. The summed E-state index contributed by atoms with van der Waals surface area (Å²) in [6.45, 7) is 10.3. The summed E-state index contributed by atoms with van der Waals surface area (Å²) in [4.78, 5) is 20.4. The summed E-state index contributed by atoms with van der Waals surface area (Å²) in [5.41, 5.74) is 0.690. The molecule has 0 radical (unpaired) electrons. The fraction of sp³-hybridized carbons (Fsp3) is 0.667. The lowest BCUT2D eigenvalue weighted by molar-refractivity contribution is -0.265. The molecule has 0 rings (SSSR count). The van der Waals surface area contributed by atoms with Gasteiger partial charge in [0.1, 0.15) is 0 Å². The minimum atomic E-state index is -0.889. The van der Waals surface area contributed by atoms with Crippen molar-refractivity contribution in [3.8, 4) is 0 Å². The van der Waals surface area contributed by atoms with Crippen LogP contribution in [0.4, 0.5) is 0 Å². The van der Waals surface area contributed by atoms with Gasteiger partial charge in [-0.05, 0) is 20.8 Å². The van der Waals surface area contributed by atoms with Gasteiger partial charge >= 0.3 is 5.97 Å². The highest BCUT2D eigenvalue weighted by Crippen LogP contribution is 2.09. The molecule has 0 atom stereocenters. The summed E-state index contributed by atoms with van der Waals surface area (Å²) in [6.07, 6.45) is 0. The second-order valence-electron chi connectivity index (χ2n) is 3.24. The van der Waals surface area contributed by atoms with Gasteiger partial charge < -0.3 is 0 Å². The molecule has 0 aliphatic heterocycles. The SMILES string of the molecule is CCOOC(=O)C(C)=C(C)[SiH](C)C. The Kier molecular flexibility index (Phi) is 5.66. The van der Waals surface area contributed by atoms with E-state index in [0.29, 0.717) is 12.2 Å². The van der Waals surface area contributed by atoms with E-state index in [9.17, 15) is 4.79 Å². The standard InChI is InChI=1S/C9H18O3Si/c1-6-11-12-9(10)7(2)8(3)13(4)5/h13H,6H2,1-5H3. The van der Waals surface area contributed by atoms with Crippen LogP contribution in [0.3, 0.4) is 0 Å². The van der Waals surface area contributed by atoms with E-state index in [2.05, 4.69) is 22.9 Å². The quantitative estimate of drug-likeness (QED) is 0.302. The Morgan fingerprint density at radius 2 is 1.85 bits per heavy atom. The zero-order chi connectivity index (χ0) is 10.4. The number of carbonyl (C=O) groups is 1. The lowest BCUT2D eigenvalue weighted by Gasteiger charge is -2.08. The number of hydrogen-bond donors (Lipinski definition) is 0. The normalized spacial score (nSPS) is 12.8. The predicted octanol–water partition coefficient (Wildman–Crippen LogP) is 1.84. The lowest BCUT2D eigenvalue weighted by atomic mass is 10.3. The molecule has 0 aliphatic carbocycles. The highest BCUT2D eigenvalue weighted by atomic mass is 28.3.